The summed E-state index contributed by atoms with van der Waals surface area (Å²) < 4.78 is 0. The summed E-state index contributed by atoms with van der Waals surface area (Å²) in [5, 5.41) is 0. The summed E-state index contributed by atoms with van der Waals surface area (Å²) in [4.78, 5) is 5.54. The first-order valence-electron chi connectivity index (χ1n) is 9.34. The Morgan fingerprint density at radius 1 is 1.10 bits per heavy atom. The van der Waals surface area contributed by atoms with Crippen molar-refractivity contribution in [1.29, 1.82) is 0 Å². The minimum atomic E-state index is 0.321. The van der Waals surface area contributed by atoms with Crippen LogP contribution in [0.2, 0.25) is 0 Å². The number of likely N-dealkylation sites (tertiary alicyclic amines) is 2. The lowest BCUT2D eigenvalue weighted by Gasteiger charge is -2.48. The summed E-state index contributed by atoms with van der Waals surface area (Å²) in [7, 11) is 0. The molecule has 2 aliphatic heterocycles. The largest absolute Gasteiger partial charge is 0.329 e. The van der Waals surface area contributed by atoms with Crippen LogP contribution < -0.4 is 5.73 Å². The summed E-state index contributed by atoms with van der Waals surface area (Å²) in [5.74, 6) is 1.70. The Morgan fingerprint density at radius 2 is 1.86 bits per heavy atom. The monoisotopic (exact) mass is 293 g/mol. The molecular formula is C18H35N3. The molecule has 0 aromatic carbocycles. The SMILES string of the molecule is CC(C)C1CCCC(CN)(N2CCC(N3CCCC3)C2)C1. The predicted molar refractivity (Wildman–Crippen MR) is 89.4 cm³/mol. The fourth-order valence-electron chi connectivity index (χ4n) is 5.13. The Hall–Kier alpha value is -0.120. The lowest BCUT2D eigenvalue weighted by molar-refractivity contribution is 0.0380. The van der Waals surface area contributed by atoms with Crippen LogP contribution in [0.3, 0.4) is 0 Å². The maximum absolute atomic E-state index is 6.32. The highest BCUT2D eigenvalue weighted by Gasteiger charge is 2.44. The van der Waals surface area contributed by atoms with E-state index in [4.69, 9.17) is 5.73 Å². The molecule has 3 atom stereocenters. The quantitative estimate of drug-likeness (QED) is 0.865. The van der Waals surface area contributed by atoms with Crippen LogP contribution in [0.15, 0.2) is 0 Å². The summed E-state index contributed by atoms with van der Waals surface area (Å²) in [6.07, 6.45) is 9.66. The van der Waals surface area contributed by atoms with Crippen molar-refractivity contribution in [3.8, 4) is 0 Å². The van der Waals surface area contributed by atoms with Crippen LogP contribution in [0.25, 0.3) is 0 Å². The van der Waals surface area contributed by atoms with Gasteiger partial charge in [-0.25, -0.2) is 0 Å². The third-order valence-electron chi connectivity index (χ3n) is 6.67. The maximum Gasteiger partial charge on any atom is 0.0335 e. The third kappa shape index (κ3) is 3.16. The van der Waals surface area contributed by atoms with Gasteiger partial charge in [0.2, 0.25) is 0 Å². The highest BCUT2D eigenvalue weighted by atomic mass is 15.3. The smallest absolute Gasteiger partial charge is 0.0335 e. The molecule has 2 heterocycles. The molecule has 1 saturated carbocycles. The van der Waals surface area contributed by atoms with Crippen LogP contribution in [-0.2, 0) is 0 Å². The van der Waals surface area contributed by atoms with E-state index < -0.39 is 0 Å². The van der Waals surface area contributed by atoms with E-state index in [9.17, 15) is 0 Å². The molecule has 0 radical (unpaired) electrons. The fourth-order valence-corrected chi connectivity index (χ4v) is 5.13. The van der Waals surface area contributed by atoms with Crippen molar-refractivity contribution >= 4 is 0 Å². The molecule has 3 unspecified atom stereocenters. The van der Waals surface area contributed by atoms with Gasteiger partial charge in [0.1, 0.15) is 0 Å². The zero-order valence-corrected chi connectivity index (χ0v) is 14.2. The van der Waals surface area contributed by atoms with E-state index in [2.05, 4.69) is 23.6 Å². The second kappa shape index (κ2) is 6.55. The topological polar surface area (TPSA) is 32.5 Å². The first-order valence-corrected chi connectivity index (χ1v) is 9.34. The van der Waals surface area contributed by atoms with Crippen LogP contribution >= 0.6 is 0 Å². The van der Waals surface area contributed by atoms with E-state index >= 15 is 0 Å². The van der Waals surface area contributed by atoms with Crippen LogP contribution in [0.4, 0.5) is 0 Å². The first kappa shape index (κ1) is 15.8. The average Bonchev–Trinajstić information content (AvgIpc) is 3.18. The molecule has 122 valence electrons. The predicted octanol–water partition coefficient (Wildman–Crippen LogP) is 2.70. The Bertz CT molecular complexity index is 337. The van der Waals surface area contributed by atoms with E-state index in [-0.39, 0.29) is 0 Å². The average molecular weight is 293 g/mol. The van der Waals surface area contributed by atoms with Gasteiger partial charge in [0.15, 0.2) is 0 Å². The normalized spacial score (nSPS) is 39.4. The molecule has 3 nitrogen and oxygen atoms in total. The molecule has 21 heavy (non-hydrogen) atoms. The van der Waals surface area contributed by atoms with E-state index in [1.165, 1.54) is 71.1 Å². The van der Waals surface area contributed by atoms with Crippen molar-refractivity contribution in [2.24, 2.45) is 17.6 Å². The molecular weight excluding hydrogens is 258 g/mol. The van der Waals surface area contributed by atoms with Crippen LogP contribution in [-0.4, -0.2) is 54.1 Å². The van der Waals surface area contributed by atoms with E-state index in [1.54, 1.807) is 0 Å². The van der Waals surface area contributed by atoms with E-state index in [1.807, 2.05) is 0 Å². The van der Waals surface area contributed by atoms with Gasteiger partial charge in [0, 0.05) is 31.2 Å². The van der Waals surface area contributed by atoms with Gasteiger partial charge in [0.05, 0.1) is 0 Å². The Kier molecular flexibility index (Phi) is 4.92. The Balaban J connectivity index is 1.65. The molecule has 0 amide bonds. The standard InChI is InChI=1S/C18H35N3/c1-15(2)16-6-5-8-18(12-16,14-19)21-11-7-17(13-21)20-9-3-4-10-20/h15-17H,3-14,19H2,1-2H3. The van der Waals surface area contributed by atoms with E-state index in [0.29, 0.717) is 5.54 Å². The van der Waals surface area contributed by atoms with Gasteiger partial charge in [-0.2, -0.15) is 0 Å². The van der Waals surface area contributed by atoms with Crippen LogP contribution in [0, 0.1) is 11.8 Å². The summed E-state index contributed by atoms with van der Waals surface area (Å²) >= 11 is 0. The van der Waals surface area contributed by atoms with Gasteiger partial charge in [-0.3, -0.25) is 9.80 Å². The number of rotatable bonds is 4. The van der Waals surface area contributed by atoms with Gasteiger partial charge >= 0.3 is 0 Å². The minimum absolute atomic E-state index is 0.321. The zero-order chi connectivity index (χ0) is 14.9. The molecule has 2 N–H and O–H groups in total. The van der Waals surface area contributed by atoms with Gasteiger partial charge in [-0.05, 0) is 57.0 Å². The number of hydrogen-bond donors (Lipinski definition) is 1. The summed E-state index contributed by atoms with van der Waals surface area (Å²) in [6, 6.07) is 0.815. The molecule has 3 rings (SSSR count). The van der Waals surface area contributed by atoms with Gasteiger partial charge in [-0.1, -0.05) is 26.7 Å². The van der Waals surface area contributed by atoms with Gasteiger partial charge in [0.25, 0.3) is 0 Å². The molecule has 0 aromatic heterocycles. The molecule has 0 aromatic rings. The number of nitrogens with two attached hydrogens (primary N) is 1. The van der Waals surface area contributed by atoms with Crippen molar-refractivity contribution in [2.45, 2.75) is 70.4 Å². The van der Waals surface area contributed by atoms with Crippen molar-refractivity contribution in [1.82, 2.24) is 9.80 Å². The molecule has 2 saturated heterocycles. The zero-order valence-electron chi connectivity index (χ0n) is 14.2. The minimum Gasteiger partial charge on any atom is -0.329 e. The molecule has 1 aliphatic carbocycles. The highest BCUT2D eigenvalue weighted by molar-refractivity contribution is 5.01. The Morgan fingerprint density at radius 3 is 2.52 bits per heavy atom. The maximum atomic E-state index is 6.32. The van der Waals surface area contributed by atoms with Crippen molar-refractivity contribution in [2.75, 3.05) is 32.7 Å². The van der Waals surface area contributed by atoms with E-state index in [0.717, 1.165) is 24.4 Å². The fraction of sp³-hybridized carbons (Fsp3) is 1.00. The molecule has 3 aliphatic rings. The third-order valence-corrected chi connectivity index (χ3v) is 6.67. The second-order valence-corrected chi connectivity index (χ2v) is 8.16. The van der Waals surface area contributed by atoms with Gasteiger partial charge < -0.3 is 5.73 Å². The lowest BCUT2D eigenvalue weighted by Crippen LogP contribution is -2.56. The van der Waals surface area contributed by atoms with Crippen LogP contribution in [0.1, 0.15) is 58.8 Å². The van der Waals surface area contributed by atoms with Crippen molar-refractivity contribution in [3.05, 3.63) is 0 Å². The molecule has 0 spiro atoms. The van der Waals surface area contributed by atoms with Crippen molar-refractivity contribution in [3.63, 3.8) is 0 Å². The first-order chi connectivity index (χ1) is 10.1. The van der Waals surface area contributed by atoms with Gasteiger partial charge in [-0.15, -0.1) is 0 Å². The highest BCUT2D eigenvalue weighted by Crippen LogP contribution is 2.41. The molecule has 0 bridgehead atoms. The summed E-state index contributed by atoms with van der Waals surface area (Å²) in [6.45, 7) is 10.9. The van der Waals surface area contributed by atoms with Crippen LogP contribution in [0.5, 0.6) is 0 Å². The Labute approximate surface area is 131 Å². The number of hydrogen-bond acceptors (Lipinski definition) is 3. The number of nitrogens with zero attached hydrogens (tertiary/aromatic N) is 2. The van der Waals surface area contributed by atoms with Crippen molar-refractivity contribution < 1.29 is 0 Å². The lowest BCUT2D eigenvalue weighted by atomic mass is 9.71. The molecule has 3 heteroatoms. The second-order valence-electron chi connectivity index (χ2n) is 8.16. The summed E-state index contributed by atoms with van der Waals surface area (Å²) in [5.41, 5.74) is 6.65. The molecule has 3 fully saturated rings.